The van der Waals surface area contributed by atoms with Crippen molar-refractivity contribution in [3.8, 4) is 0 Å². The molecule has 13 heteroatoms. The summed E-state index contributed by atoms with van der Waals surface area (Å²) < 4.78 is 65.7. The van der Waals surface area contributed by atoms with Crippen LogP contribution in [0.4, 0.5) is 0 Å². The second kappa shape index (κ2) is 50.5. The van der Waals surface area contributed by atoms with E-state index in [1.54, 1.807) is 0 Å². The topological polar surface area (TPSA) is 131 Å². The molecule has 1 N–H and O–H groups in total. The number of aliphatic hydroxyl groups is 1. The Bertz CT molecular complexity index is 557. The first-order valence-corrected chi connectivity index (χ1v) is 20.5. The molecule has 13 nitrogen and oxygen atoms in total. The first-order valence-electron chi connectivity index (χ1n) is 20.5. The Morgan fingerprint density at radius 3 is 0.635 bits per heavy atom. The summed E-state index contributed by atoms with van der Waals surface area (Å²) in [5.41, 5.74) is 0. The van der Waals surface area contributed by atoms with Gasteiger partial charge in [-0.05, 0) is 19.3 Å². The van der Waals surface area contributed by atoms with Crippen LogP contribution < -0.4 is 0 Å². The third kappa shape index (κ3) is 49.5. The van der Waals surface area contributed by atoms with Crippen molar-refractivity contribution >= 4 is 0 Å². The van der Waals surface area contributed by atoms with Gasteiger partial charge < -0.3 is 61.9 Å². The van der Waals surface area contributed by atoms with Crippen molar-refractivity contribution in [2.45, 2.75) is 90.4 Å². The fourth-order valence-corrected chi connectivity index (χ4v) is 4.74. The molecule has 0 saturated carbocycles. The summed E-state index contributed by atoms with van der Waals surface area (Å²) in [6.07, 6.45) is 17.1. The van der Waals surface area contributed by atoms with Crippen molar-refractivity contribution in [2.24, 2.45) is 0 Å². The van der Waals surface area contributed by atoms with E-state index in [1.807, 2.05) is 0 Å². The highest BCUT2D eigenvalue weighted by atomic mass is 16.6. The Kier molecular flexibility index (Phi) is 50.0. The maximum absolute atomic E-state index is 8.59. The minimum Gasteiger partial charge on any atom is -0.394 e. The van der Waals surface area contributed by atoms with E-state index in [4.69, 9.17) is 61.9 Å². The molecule has 52 heavy (non-hydrogen) atoms. The molecule has 0 unspecified atom stereocenters. The highest BCUT2D eigenvalue weighted by Gasteiger charge is 1.98. The predicted molar refractivity (Wildman–Crippen MR) is 203 cm³/mol. The Labute approximate surface area is 317 Å². The van der Waals surface area contributed by atoms with Gasteiger partial charge in [0.2, 0.25) is 0 Å². The predicted octanol–water partition coefficient (Wildman–Crippen LogP) is 5.27. The molecule has 314 valence electrons. The van der Waals surface area contributed by atoms with Crippen LogP contribution in [0.3, 0.4) is 0 Å². The SMILES string of the molecule is CCCCCCCCCCCCCOCCCCOCCOCCOCCOCCOCCOCCOCCOCCOCCOCCOCCO. The highest BCUT2D eigenvalue weighted by Crippen LogP contribution is 2.11. The molecule has 0 heterocycles. The van der Waals surface area contributed by atoms with Crippen LogP contribution in [0.25, 0.3) is 0 Å². The van der Waals surface area contributed by atoms with E-state index in [0.717, 1.165) is 32.7 Å². The van der Waals surface area contributed by atoms with Crippen LogP contribution in [0.2, 0.25) is 0 Å². The molecule has 0 aromatic rings. The van der Waals surface area contributed by atoms with E-state index in [9.17, 15) is 0 Å². The van der Waals surface area contributed by atoms with Crippen molar-refractivity contribution < 1.29 is 61.9 Å². The monoisotopic (exact) mass is 757 g/mol. The van der Waals surface area contributed by atoms with Gasteiger partial charge in [0, 0.05) is 19.8 Å². The van der Waals surface area contributed by atoms with Gasteiger partial charge in [-0.1, -0.05) is 71.1 Å². The molecule has 0 fully saturated rings. The fraction of sp³-hybridized carbons (Fsp3) is 1.00. The summed E-state index contributed by atoms with van der Waals surface area (Å²) in [5, 5.41) is 8.59. The Balaban J connectivity index is 3.04. The summed E-state index contributed by atoms with van der Waals surface area (Å²) in [6.45, 7) is 15.6. The van der Waals surface area contributed by atoms with Crippen LogP contribution in [0.5, 0.6) is 0 Å². The molecule has 0 saturated heterocycles. The molecular formula is C39H80O13. The number of rotatable bonds is 49. The van der Waals surface area contributed by atoms with Gasteiger partial charge in [0.25, 0.3) is 0 Å². The summed E-state index contributed by atoms with van der Waals surface area (Å²) in [7, 11) is 0. The van der Waals surface area contributed by atoms with Crippen LogP contribution in [0.1, 0.15) is 90.4 Å². The number of hydrogen-bond donors (Lipinski definition) is 1. The molecule has 0 spiro atoms. The minimum atomic E-state index is 0.0272. The molecule has 0 aliphatic rings. The first kappa shape index (κ1) is 51.5. The van der Waals surface area contributed by atoms with Crippen LogP contribution in [-0.2, 0) is 56.8 Å². The Hall–Kier alpha value is -0.520. The van der Waals surface area contributed by atoms with E-state index in [2.05, 4.69) is 6.92 Å². The summed E-state index contributed by atoms with van der Waals surface area (Å²) >= 11 is 0. The largest absolute Gasteiger partial charge is 0.394 e. The average molecular weight is 757 g/mol. The van der Waals surface area contributed by atoms with Crippen LogP contribution in [-0.4, -0.2) is 170 Å². The molecule has 0 bridgehead atoms. The molecule has 0 aliphatic carbocycles. The third-order valence-corrected chi connectivity index (χ3v) is 7.68. The summed E-state index contributed by atoms with van der Waals surface area (Å²) in [4.78, 5) is 0. The van der Waals surface area contributed by atoms with Gasteiger partial charge in [0.05, 0.1) is 145 Å². The fourth-order valence-electron chi connectivity index (χ4n) is 4.74. The van der Waals surface area contributed by atoms with E-state index in [1.165, 1.54) is 70.6 Å². The lowest BCUT2D eigenvalue weighted by Gasteiger charge is -2.09. The van der Waals surface area contributed by atoms with Gasteiger partial charge in [0.1, 0.15) is 0 Å². The number of hydrogen-bond acceptors (Lipinski definition) is 13. The van der Waals surface area contributed by atoms with Crippen LogP contribution in [0.15, 0.2) is 0 Å². The maximum atomic E-state index is 8.59. The lowest BCUT2D eigenvalue weighted by molar-refractivity contribution is -0.0278. The smallest absolute Gasteiger partial charge is 0.0701 e. The van der Waals surface area contributed by atoms with E-state index in [0.29, 0.717) is 139 Å². The van der Waals surface area contributed by atoms with E-state index < -0.39 is 0 Å². The van der Waals surface area contributed by atoms with Crippen molar-refractivity contribution in [1.82, 2.24) is 0 Å². The van der Waals surface area contributed by atoms with Crippen LogP contribution >= 0.6 is 0 Å². The third-order valence-electron chi connectivity index (χ3n) is 7.68. The average Bonchev–Trinajstić information content (AvgIpc) is 3.16. The van der Waals surface area contributed by atoms with Gasteiger partial charge in [0.15, 0.2) is 0 Å². The Morgan fingerprint density at radius 2 is 0.385 bits per heavy atom. The lowest BCUT2D eigenvalue weighted by Crippen LogP contribution is -2.15. The zero-order chi connectivity index (χ0) is 37.4. The summed E-state index contributed by atoms with van der Waals surface area (Å²) in [5.74, 6) is 0. The van der Waals surface area contributed by atoms with Crippen molar-refractivity contribution in [2.75, 3.05) is 165 Å². The standard InChI is InChI=1S/C39H80O13/c1-2-3-4-5-6-7-8-9-10-11-12-16-41-17-13-14-18-42-20-22-44-24-26-46-28-30-48-32-34-50-36-38-52-39-37-51-35-33-49-31-29-47-27-25-45-23-21-43-19-15-40/h40H,2-39H2,1H3. The summed E-state index contributed by atoms with van der Waals surface area (Å²) in [6, 6.07) is 0. The number of unbranched alkanes of at least 4 members (excludes halogenated alkanes) is 11. The van der Waals surface area contributed by atoms with Crippen molar-refractivity contribution in [3.05, 3.63) is 0 Å². The second-order valence-electron chi connectivity index (χ2n) is 12.3. The van der Waals surface area contributed by atoms with E-state index >= 15 is 0 Å². The molecule has 0 aromatic heterocycles. The molecular weight excluding hydrogens is 676 g/mol. The molecule has 0 aliphatic heterocycles. The van der Waals surface area contributed by atoms with Gasteiger partial charge in [-0.3, -0.25) is 0 Å². The second-order valence-corrected chi connectivity index (χ2v) is 12.3. The minimum absolute atomic E-state index is 0.0272. The van der Waals surface area contributed by atoms with Gasteiger partial charge in [-0.15, -0.1) is 0 Å². The van der Waals surface area contributed by atoms with Crippen LogP contribution in [0, 0.1) is 0 Å². The number of ether oxygens (including phenoxy) is 12. The first-order chi connectivity index (χ1) is 25.9. The molecule has 0 rings (SSSR count). The molecule has 0 aromatic carbocycles. The zero-order valence-corrected chi connectivity index (χ0v) is 33.2. The molecule has 0 amide bonds. The lowest BCUT2D eigenvalue weighted by atomic mass is 10.1. The van der Waals surface area contributed by atoms with Gasteiger partial charge >= 0.3 is 0 Å². The van der Waals surface area contributed by atoms with Crippen molar-refractivity contribution in [1.29, 1.82) is 0 Å². The maximum Gasteiger partial charge on any atom is 0.0701 e. The molecule has 0 atom stereocenters. The van der Waals surface area contributed by atoms with Gasteiger partial charge in [-0.25, -0.2) is 0 Å². The highest BCUT2D eigenvalue weighted by molar-refractivity contribution is 4.48. The number of aliphatic hydroxyl groups excluding tert-OH is 1. The normalized spacial score (nSPS) is 11.7. The Morgan fingerprint density at radius 1 is 0.212 bits per heavy atom. The van der Waals surface area contributed by atoms with Gasteiger partial charge in [-0.2, -0.15) is 0 Å². The zero-order valence-electron chi connectivity index (χ0n) is 33.2. The molecule has 0 radical (unpaired) electrons. The van der Waals surface area contributed by atoms with E-state index in [-0.39, 0.29) is 6.61 Å². The van der Waals surface area contributed by atoms with Crippen molar-refractivity contribution in [3.63, 3.8) is 0 Å². The quantitative estimate of drug-likeness (QED) is 0.0811.